The lowest BCUT2D eigenvalue weighted by Gasteiger charge is -2.35. The lowest BCUT2D eigenvalue weighted by Crippen LogP contribution is -2.47. The van der Waals surface area contributed by atoms with Crippen molar-refractivity contribution in [2.24, 2.45) is 0 Å². The van der Waals surface area contributed by atoms with Crippen LogP contribution in [-0.2, 0) is 9.59 Å². The van der Waals surface area contributed by atoms with E-state index in [1.807, 2.05) is 31.3 Å². The molecule has 6 heteroatoms. The fraction of sp³-hybridized carbons (Fsp3) is 0.500. The molecule has 1 aromatic rings. The topological polar surface area (TPSA) is 53.1 Å². The van der Waals surface area contributed by atoms with E-state index in [-0.39, 0.29) is 24.4 Å². The fourth-order valence-electron chi connectivity index (χ4n) is 3.02. The maximum absolute atomic E-state index is 12.5. The van der Waals surface area contributed by atoms with Crippen LogP contribution in [0.25, 0.3) is 6.08 Å². The number of benzene rings is 1. The van der Waals surface area contributed by atoms with Crippen molar-refractivity contribution in [2.45, 2.75) is 18.9 Å². The van der Waals surface area contributed by atoms with Gasteiger partial charge < -0.3 is 19.4 Å². The first-order valence-electron chi connectivity index (χ1n) is 8.92. The summed E-state index contributed by atoms with van der Waals surface area (Å²) in [7, 11) is 7.19. The van der Waals surface area contributed by atoms with Gasteiger partial charge in [0.1, 0.15) is 5.75 Å². The minimum atomic E-state index is -0.196. The van der Waals surface area contributed by atoms with Crippen molar-refractivity contribution in [1.29, 1.82) is 0 Å². The Morgan fingerprint density at radius 1 is 1.27 bits per heavy atom. The van der Waals surface area contributed by atoms with Crippen LogP contribution in [0.3, 0.4) is 0 Å². The van der Waals surface area contributed by atoms with Crippen LogP contribution in [0.1, 0.15) is 18.4 Å². The largest absolute Gasteiger partial charge is 0.497 e. The Morgan fingerprint density at radius 2 is 1.96 bits per heavy atom. The molecule has 0 N–H and O–H groups in total. The normalized spacial score (nSPS) is 15.8. The van der Waals surface area contributed by atoms with Crippen LogP contribution in [0.5, 0.6) is 5.75 Å². The highest BCUT2D eigenvalue weighted by atomic mass is 16.5. The minimum Gasteiger partial charge on any atom is -0.497 e. The number of nitrogens with zero attached hydrogens (tertiary/aromatic N) is 3. The predicted octanol–water partition coefficient (Wildman–Crippen LogP) is 1.72. The Hall–Kier alpha value is -2.34. The monoisotopic (exact) mass is 359 g/mol. The zero-order valence-electron chi connectivity index (χ0n) is 16.1. The van der Waals surface area contributed by atoms with Crippen molar-refractivity contribution in [3.8, 4) is 5.75 Å². The second-order valence-corrected chi connectivity index (χ2v) is 6.84. The molecule has 1 saturated heterocycles. The molecule has 1 fully saturated rings. The van der Waals surface area contributed by atoms with E-state index in [9.17, 15) is 9.59 Å². The van der Waals surface area contributed by atoms with Gasteiger partial charge >= 0.3 is 0 Å². The Balaban J connectivity index is 1.87. The molecular formula is C20H29N3O3. The lowest BCUT2D eigenvalue weighted by molar-refractivity contribution is -0.138. The van der Waals surface area contributed by atoms with Crippen LogP contribution in [0.15, 0.2) is 30.3 Å². The average molecular weight is 359 g/mol. The van der Waals surface area contributed by atoms with Crippen LogP contribution in [0.4, 0.5) is 0 Å². The molecule has 1 aromatic carbocycles. The molecule has 0 aliphatic carbocycles. The first-order chi connectivity index (χ1) is 12.4. The zero-order valence-corrected chi connectivity index (χ0v) is 16.1. The van der Waals surface area contributed by atoms with E-state index in [1.165, 1.54) is 11.0 Å². The van der Waals surface area contributed by atoms with Gasteiger partial charge in [-0.1, -0.05) is 12.1 Å². The van der Waals surface area contributed by atoms with E-state index < -0.39 is 0 Å². The highest BCUT2D eigenvalue weighted by molar-refractivity contribution is 5.94. The van der Waals surface area contributed by atoms with Gasteiger partial charge in [0.25, 0.3) is 0 Å². The molecule has 2 rings (SSSR count). The van der Waals surface area contributed by atoms with Crippen LogP contribution in [0, 0.1) is 0 Å². The van der Waals surface area contributed by atoms with Crippen molar-refractivity contribution < 1.29 is 14.3 Å². The van der Waals surface area contributed by atoms with E-state index in [0.717, 1.165) is 37.2 Å². The molecule has 6 nitrogen and oxygen atoms in total. The van der Waals surface area contributed by atoms with Crippen LogP contribution in [-0.4, -0.2) is 80.4 Å². The summed E-state index contributed by atoms with van der Waals surface area (Å²) in [6.45, 7) is 2.09. The van der Waals surface area contributed by atoms with Gasteiger partial charge in [0.2, 0.25) is 11.8 Å². The Morgan fingerprint density at radius 3 is 2.62 bits per heavy atom. The van der Waals surface area contributed by atoms with Gasteiger partial charge in [-0.2, -0.15) is 0 Å². The first kappa shape index (κ1) is 20.0. The summed E-state index contributed by atoms with van der Waals surface area (Å²) < 4.78 is 5.17. The van der Waals surface area contributed by atoms with E-state index in [2.05, 4.69) is 11.9 Å². The zero-order chi connectivity index (χ0) is 19.1. The summed E-state index contributed by atoms with van der Waals surface area (Å²) in [6.07, 6.45) is 5.17. The number of carbonyl (C=O) groups is 2. The van der Waals surface area contributed by atoms with E-state index >= 15 is 0 Å². The molecule has 0 atom stereocenters. The lowest BCUT2D eigenvalue weighted by atomic mass is 10.0. The third-order valence-corrected chi connectivity index (χ3v) is 4.89. The average Bonchev–Trinajstić information content (AvgIpc) is 2.66. The molecule has 2 amide bonds. The van der Waals surface area contributed by atoms with Gasteiger partial charge in [-0.25, -0.2) is 0 Å². The van der Waals surface area contributed by atoms with Crippen molar-refractivity contribution in [3.05, 3.63) is 35.9 Å². The SMILES string of the molecule is COc1cccc(/C=C/C(=O)N(C)CC(=O)N(C)C2CCN(C)CC2)c1. The molecule has 0 aromatic heterocycles. The molecule has 1 aliphatic rings. The molecule has 26 heavy (non-hydrogen) atoms. The fourth-order valence-corrected chi connectivity index (χ4v) is 3.02. The number of hydrogen-bond acceptors (Lipinski definition) is 4. The summed E-state index contributed by atoms with van der Waals surface area (Å²) in [4.78, 5) is 30.3. The quantitative estimate of drug-likeness (QED) is 0.726. The minimum absolute atomic E-state index is 0.0230. The molecule has 1 heterocycles. The second kappa shape index (κ2) is 9.38. The number of hydrogen-bond donors (Lipinski definition) is 0. The number of carbonyl (C=O) groups excluding carboxylic acids is 2. The van der Waals surface area contributed by atoms with Crippen LogP contribution in [0.2, 0.25) is 0 Å². The molecule has 0 bridgehead atoms. The smallest absolute Gasteiger partial charge is 0.246 e. The van der Waals surface area contributed by atoms with E-state index in [1.54, 1.807) is 25.1 Å². The van der Waals surface area contributed by atoms with Crippen molar-refractivity contribution >= 4 is 17.9 Å². The molecule has 0 spiro atoms. The third kappa shape index (κ3) is 5.59. The number of piperidine rings is 1. The predicted molar refractivity (Wildman–Crippen MR) is 103 cm³/mol. The Bertz CT molecular complexity index is 651. The molecule has 142 valence electrons. The van der Waals surface area contributed by atoms with Gasteiger partial charge in [-0.05, 0) is 56.8 Å². The highest BCUT2D eigenvalue weighted by Gasteiger charge is 2.24. The Labute approximate surface area is 156 Å². The van der Waals surface area contributed by atoms with Crippen molar-refractivity contribution in [3.63, 3.8) is 0 Å². The van der Waals surface area contributed by atoms with Crippen LogP contribution < -0.4 is 4.74 Å². The van der Waals surface area contributed by atoms with E-state index in [4.69, 9.17) is 4.74 Å². The van der Waals surface area contributed by atoms with Gasteiger partial charge in [-0.15, -0.1) is 0 Å². The molecule has 0 radical (unpaired) electrons. The maximum Gasteiger partial charge on any atom is 0.246 e. The molecular weight excluding hydrogens is 330 g/mol. The first-order valence-corrected chi connectivity index (χ1v) is 8.92. The van der Waals surface area contributed by atoms with Crippen LogP contribution >= 0.6 is 0 Å². The summed E-state index contributed by atoms with van der Waals surface area (Å²) in [5.41, 5.74) is 0.876. The summed E-state index contributed by atoms with van der Waals surface area (Å²) in [5.74, 6) is 0.519. The van der Waals surface area contributed by atoms with Gasteiger partial charge in [-0.3, -0.25) is 9.59 Å². The molecule has 1 aliphatic heterocycles. The maximum atomic E-state index is 12.5. The van der Waals surface area contributed by atoms with Gasteiger partial charge in [0.05, 0.1) is 13.7 Å². The molecule has 0 saturated carbocycles. The number of rotatable bonds is 6. The standard InChI is InChI=1S/C20H29N3O3/c1-21-12-10-17(11-13-21)23(3)20(25)15-22(2)19(24)9-8-16-6-5-7-18(14-16)26-4/h5-9,14,17H,10-13,15H2,1-4H3/b9-8+. The number of likely N-dealkylation sites (tertiary alicyclic amines) is 1. The molecule has 0 unspecified atom stereocenters. The summed E-state index contributed by atoms with van der Waals surface area (Å²) in [5, 5.41) is 0. The third-order valence-electron chi connectivity index (χ3n) is 4.89. The number of likely N-dealkylation sites (N-methyl/N-ethyl adjacent to an activating group) is 2. The summed E-state index contributed by atoms with van der Waals surface area (Å²) >= 11 is 0. The number of ether oxygens (including phenoxy) is 1. The summed E-state index contributed by atoms with van der Waals surface area (Å²) in [6, 6.07) is 7.72. The van der Waals surface area contributed by atoms with Crippen molar-refractivity contribution in [1.82, 2.24) is 14.7 Å². The van der Waals surface area contributed by atoms with E-state index in [0.29, 0.717) is 0 Å². The highest BCUT2D eigenvalue weighted by Crippen LogP contribution is 2.15. The second-order valence-electron chi connectivity index (χ2n) is 6.84. The van der Waals surface area contributed by atoms with Crippen molar-refractivity contribution in [2.75, 3.05) is 47.9 Å². The number of amides is 2. The Kier molecular flexibility index (Phi) is 7.21. The van der Waals surface area contributed by atoms with Gasteiger partial charge in [0.15, 0.2) is 0 Å². The number of methoxy groups -OCH3 is 1. The van der Waals surface area contributed by atoms with Gasteiger partial charge in [0, 0.05) is 26.2 Å².